The first-order valence-electron chi connectivity index (χ1n) is 7.03. The van der Waals surface area contributed by atoms with Crippen molar-refractivity contribution in [3.63, 3.8) is 0 Å². The quantitative estimate of drug-likeness (QED) is 0.802. The maximum Gasteiger partial charge on any atom is 0.140 e. The van der Waals surface area contributed by atoms with E-state index < -0.39 is 0 Å². The van der Waals surface area contributed by atoms with Gasteiger partial charge < -0.3 is 15.2 Å². The van der Waals surface area contributed by atoms with Gasteiger partial charge in [-0.05, 0) is 42.0 Å². The lowest BCUT2D eigenvalue weighted by Crippen LogP contribution is -2.08. The molecule has 3 aromatic rings. The first kappa shape index (κ1) is 13.6. The molecule has 1 aromatic heterocycles. The van der Waals surface area contributed by atoms with Crippen LogP contribution in [0.3, 0.4) is 0 Å². The SMILES string of the molecule is CN(C)c1ccc(-c2nc3cc(CN)ccc3n2C)cc1. The summed E-state index contributed by atoms with van der Waals surface area (Å²) in [6, 6.07) is 14.7. The van der Waals surface area contributed by atoms with Crippen molar-refractivity contribution in [2.24, 2.45) is 12.8 Å². The summed E-state index contributed by atoms with van der Waals surface area (Å²) in [5.74, 6) is 0.976. The van der Waals surface area contributed by atoms with E-state index in [2.05, 4.69) is 51.9 Å². The van der Waals surface area contributed by atoms with Crippen molar-refractivity contribution >= 4 is 16.7 Å². The minimum absolute atomic E-state index is 0.541. The zero-order chi connectivity index (χ0) is 15.0. The van der Waals surface area contributed by atoms with Gasteiger partial charge in [-0.2, -0.15) is 0 Å². The molecule has 4 heteroatoms. The molecule has 1 heterocycles. The summed E-state index contributed by atoms with van der Waals surface area (Å²) in [6.45, 7) is 0.541. The highest BCUT2D eigenvalue weighted by atomic mass is 15.1. The van der Waals surface area contributed by atoms with Gasteiger partial charge in [-0.15, -0.1) is 0 Å². The van der Waals surface area contributed by atoms with Gasteiger partial charge in [-0.1, -0.05) is 6.07 Å². The van der Waals surface area contributed by atoms with E-state index in [1.165, 1.54) is 5.69 Å². The van der Waals surface area contributed by atoms with E-state index in [4.69, 9.17) is 10.7 Å². The van der Waals surface area contributed by atoms with Gasteiger partial charge >= 0.3 is 0 Å². The molecule has 3 rings (SSSR count). The first-order chi connectivity index (χ1) is 10.1. The Hall–Kier alpha value is -2.33. The smallest absolute Gasteiger partial charge is 0.140 e. The Bertz CT molecular complexity index is 769. The average Bonchev–Trinajstić information content (AvgIpc) is 2.83. The van der Waals surface area contributed by atoms with Gasteiger partial charge in [0, 0.05) is 38.9 Å². The molecule has 108 valence electrons. The Morgan fingerprint density at radius 1 is 1.10 bits per heavy atom. The van der Waals surface area contributed by atoms with Crippen LogP contribution < -0.4 is 10.6 Å². The van der Waals surface area contributed by atoms with Gasteiger partial charge in [0.05, 0.1) is 11.0 Å². The third-order valence-electron chi connectivity index (χ3n) is 3.82. The van der Waals surface area contributed by atoms with E-state index in [9.17, 15) is 0 Å². The number of anilines is 1. The number of nitrogens with two attached hydrogens (primary N) is 1. The molecule has 21 heavy (non-hydrogen) atoms. The van der Waals surface area contributed by atoms with Gasteiger partial charge in [-0.3, -0.25) is 0 Å². The van der Waals surface area contributed by atoms with Gasteiger partial charge in [-0.25, -0.2) is 4.98 Å². The summed E-state index contributed by atoms with van der Waals surface area (Å²) in [4.78, 5) is 6.85. The molecule has 0 atom stereocenters. The van der Waals surface area contributed by atoms with E-state index in [1.807, 2.05) is 21.1 Å². The van der Waals surface area contributed by atoms with E-state index in [0.29, 0.717) is 6.54 Å². The van der Waals surface area contributed by atoms with Crippen LogP contribution in [0.4, 0.5) is 5.69 Å². The van der Waals surface area contributed by atoms with Gasteiger partial charge in [0.25, 0.3) is 0 Å². The number of rotatable bonds is 3. The maximum atomic E-state index is 5.70. The highest BCUT2D eigenvalue weighted by Gasteiger charge is 2.10. The van der Waals surface area contributed by atoms with Crippen molar-refractivity contribution in [1.29, 1.82) is 0 Å². The fraction of sp³-hybridized carbons (Fsp3) is 0.235. The fourth-order valence-electron chi connectivity index (χ4n) is 2.54. The van der Waals surface area contributed by atoms with Crippen molar-refractivity contribution in [2.75, 3.05) is 19.0 Å². The van der Waals surface area contributed by atoms with Gasteiger partial charge in [0.2, 0.25) is 0 Å². The minimum atomic E-state index is 0.541. The third kappa shape index (κ3) is 2.38. The van der Waals surface area contributed by atoms with Crippen LogP contribution in [0.2, 0.25) is 0 Å². The number of nitrogens with zero attached hydrogens (tertiary/aromatic N) is 3. The predicted molar refractivity (Wildman–Crippen MR) is 88.4 cm³/mol. The topological polar surface area (TPSA) is 47.1 Å². The second-order valence-corrected chi connectivity index (χ2v) is 5.46. The van der Waals surface area contributed by atoms with Crippen LogP contribution in [0.15, 0.2) is 42.5 Å². The van der Waals surface area contributed by atoms with Gasteiger partial charge in [0.1, 0.15) is 5.82 Å². The Balaban J connectivity index is 2.09. The molecule has 0 aliphatic carbocycles. The molecule has 0 bridgehead atoms. The van der Waals surface area contributed by atoms with Crippen LogP contribution in [0.25, 0.3) is 22.4 Å². The van der Waals surface area contributed by atoms with E-state index in [-0.39, 0.29) is 0 Å². The summed E-state index contributed by atoms with van der Waals surface area (Å²) < 4.78 is 2.13. The van der Waals surface area contributed by atoms with Crippen LogP contribution in [-0.2, 0) is 13.6 Å². The van der Waals surface area contributed by atoms with E-state index >= 15 is 0 Å². The molecular formula is C17H20N4. The molecule has 2 N–H and O–H groups in total. The highest BCUT2D eigenvalue weighted by molar-refractivity contribution is 5.81. The standard InChI is InChI=1S/C17H20N4/c1-20(2)14-7-5-13(6-8-14)17-19-15-10-12(11-18)4-9-16(15)21(17)3/h4-10H,11,18H2,1-3H3. The molecule has 4 nitrogen and oxygen atoms in total. The fourth-order valence-corrected chi connectivity index (χ4v) is 2.54. The Labute approximate surface area is 124 Å². The molecule has 2 aromatic carbocycles. The summed E-state index contributed by atoms with van der Waals surface area (Å²) in [6.07, 6.45) is 0. The lowest BCUT2D eigenvalue weighted by atomic mass is 10.2. The Morgan fingerprint density at radius 3 is 2.43 bits per heavy atom. The second kappa shape index (κ2) is 5.22. The normalized spacial score (nSPS) is 11.0. The number of imidazole rings is 1. The monoisotopic (exact) mass is 280 g/mol. The zero-order valence-electron chi connectivity index (χ0n) is 12.7. The number of aryl methyl sites for hydroxylation is 1. The lowest BCUT2D eigenvalue weighted by Gasteiger charge is -2.12. The highest BCUT2D eigenvalue weighted by Crippen LogP contribution is 2.26. The van der Waals surface area contributed by atoms with E-state index in [1.54, 1.807) is 0 Å². The molecular weight excluding hydrogens is 260 g/mol. The number of aromatic nitrogens is 2. The van der Waals surface area contributed by atoms with Crippen molar-refractivity contribution in [1.82, 2.24) is 9.55 Å². The molecule has 0 saturated carbocycles. The number of hydrogen-bond donors (Lipinski definition) is 1. The molecule has 0 amide bonds. The molecule has 0 radical (unpaired) electrons. The van der Waals surface area contributed by atoms with Crippen molar-refractivity contribution in [3.8, 4) is 11.4 Å². The summed E-state index contributed by atoms with van der Waals surface area (Å²) in [5.41, 5.74) is 11.2. The first-order valence-corrected chi connectivity index (χ1v) is 7.03. The van der Waals surface area contributed by atoms with Gasteiger partial charge in [0.15, 0.2) is 0 Å². The molecule has 0 spiro atoms. The van der Waals surface area contributed by atoms with Crippen molar-refractivity contribution < 1.29 is 0 Å². The van der Waals surface area contributed by atoms with Crippen LogP contribution in [-0.4, -0.2) is 23.6 Å². The minimum Gasteiger partial charge on any atom is -0.378 e. The number of benzene rings is 2. The zero-order valence-corrected chi connectivity index (χ0v) is 12.7. The molecule has 0 fully saturated rings. The summed E-state index contributed by atoms with van der Waals surface area (Å²) in [5, 5.41) is 0. The Kier molecular flexibility index (Phi) is 3.39. The lowest BCUT2D eigenvalue weighted by molar-refractivity contribution is 0.959. The third-order valence-corrected chi connectivity index (χ3v) is 3.82. The van der Waals surface area contributed by atoms with Crippen molar-refractivity contribution in [2.45, 2.75) is 6.54 Å². The maximum absolute atomic E-state index is 5.70. The number of fused-ring (bicyclic) bond motifs is 1. The summed E-state index contributed by atoms with van der Waals surface area (Å²) >= 11 is 0. The van der Waals surface area contributed by atoms with Crippen LogP contribution >= 0.6 is 0 Å². The van der Waals surface area contributed by atoms with Crippen LogP contribution in [0, 0.1) is 0 Å². The van der Waals surface area contributed by atoms with Crippen molar-refractivity contribution in [3.05, 3.63) is 48.0 Å². The number of hydrogen-bond acceptors (Lipinski definition) is 3. The largest absolute Gasteiger partial charge is 0.378 e. The van der Waals surface area contributed by atoms with E-state index in [0.717, 1.165) is 28.0 Å². The molecule has 0 aliphatic rings. The van der Waals surface area contributed by atoms with Crippen LogP contribution in [0.1, 0.15) is 5.56 Å². The molecule has 0 unspecified atom stereocenters. The predicted octanol–water partition coefficient (Wildman–Crippen LogP) is 2.77. The van der Waals surface area contributed by atoms with Crippen LogP contribution in [0.5, 0.6) is 0 Å². The summed E-state index contributed by atoms with van der Waals surface area (Å²) in [7, 11) is 6.13. The average molecular weight is 280 g/mol. The Morgan fingerprint density at radius 2 is 1.81 bits per heavy atom. The second-order valence-electron chi connectivity index (χ2n) is 5.46. The molecule has 0 saturated heterocycles. The molecule has 0 aliphatic heterocycles.